The van der Waals surface area contributed by atoms with Crippen molar-refractivity contribution in [2.45, 2.75) is 33.1 Å². The van der Waals surface area contributed by atoms with Crippen LogP contribution in [0.1, 0.15) is 33.1 Å². The van der Waals surface area contributed by atoms with Crippen LogP contribution in [0.25, 0.3) is 0 Å². The van der Waals surface area contributed by atoms with Crippen LogP contribution >= 0.6 is 0 Å². The molecule has 0 unspecified atom stereocenters. The van der Waals surface area contributed by atoms with Gasteiger partial charge in [-0.3, -0.25) is 0 Å². The molecule has 0 aromatic rings. The molecule has 0 rings (SSSR count). The Morgan fingerprint density at radius 2 is 1.82 bits per heavy atom. The molecule has 0 aliphatic heterocycles. The quantitative estimate of drug-likeness (QED) is 0.642. The third-order valence-electron chi connectivity index (χ3n) is 2.59. The molecule has 0 radical (unpaired) electrons. The van der Waals surface area contributed by atoms with Crippen LogP contribution in [0.3, 0.4) is 0 Å². The molecule has 0 aromatic carbocycles. The summed E-state index contributed by atoms with van der Waals surface area (Å²) in [4.78, 5) is 0. The van der Waals surface area contributed by atoms with Crippen LogP contribution in [0.15, 0.2) is 0 Å². The van der Waals surface area contributed by atoms with E-state index < -0.39 is 0 Å². The molecule has 0 spiro atoms. The molecule has 0 bridgehead atoms. The molecule has 0 aliphatic rings. The average molecular weight is 160 g/mol. The van der Waals surface area contributed by atoms with Gasteiger partial charge in [0, 0.05) is 13.7 Å². The van der Waals surface area contributed by atoms with Crippen LogP contribution in [0.2, 0.25) is 0 Å². The maximum Gasteiger partial charge on any atom is 0.0519 e. The highest BCUT2D eigenvalue weighted by atomic mass is 16.5. The zero-order chi connectivity index (χ0) is 8.74. The van der Waals surface area contributed by atoms with Crippen LogP contribution in [-0.2, 0) is 4.74 Å². The number of ether oxygens (including phenoxy) is 1. The van der Waals surface area contributed by atoms with E-state index in [0.717, 1.165) is 25.9 Å². The van der Waals surface area contributed by atoms with E-state index in [0.29, 0.717) is 0 Å². The molecule has 0 heterocycles. The molecular weight excluding hydrogens is 140 g/mol. The first kappa shape index (κ1) is 10.9. The Morgan fingerprint density at radius 1 is 1.27 bits per heavy atom. The Labute approximate surface area is 69.6 Å². The molecule has 0 aromatic heterocycles. The van der Waals surface area contributed by atoms with E-state index >= 15 is 0 Å². The highest BCUT2D eigenvalue weighted by molar-refractivity contribution is 4.75. The first-order chi connectivity index (χ1) is 5.24. The molecule has 0 saturated heterocycles. The van der Waals surface area contributed by atoms with Gasteiger partial charge in [0.25, 0.3) is 0 Å². The number of rotatable bonds is 6. The second kappa shape index (κ2) is 5.56. The van der Waals surface area contributed by atoms with Crippen molar-refractivity contribution in [1.29, 1.82) is 0 Å². The topological polar surface area (TPSA) is 29.5 Å². The van der Waals surface area contributed by atoms with Crippen molar-refractivity contribution in [3.8, 4) is 0 Å². The lowest BCUT2D eigenvalue weighted by molar-refractivity contribution is 0.0505. The van der Waals surface area contributed by atoms with E-state index in [1.54, 1.807) is 7.11 Å². The monoisotopic (exact) mass is 160 g/mol. The number of hydrogen-bond acceptors (Lipinski definition) is 2. The van der Waals surface area contributed by atoms with Gasteiger partial charge in [0.15, 0.2) is 0 Å². The van der Waals surface area contributed by atoms with Crippen molar-refractivity contribution in [1.82, 2.24) is 0 Å². The summed E-state index contributed by atoms with van der Waals surface area (Å²) < 4.78 is 5.13. The fourth-order valence-electron chi connectivity index (χ4n) is 1.42. The standard InChI is InChI=1S/C9H20O2/c1-4-9(5-2,6-7-10)8-11-3/h10H,4-8H2,1-3H3. The minimum atomic E-state index is 0.212. The average Bonchev–Trinajstić information content (AvgIpc) is 2.04. The zero-order valence-corrected chi connectivity index (χ0v) is 7.89. The molecule has 2 nitrogen and oxygen atoms in total. The number of hydrogen-bond donors (Lipinski definition) is 1. The Bertz CT molecular complexity index is 79.6. The Kier molecular flexibility index (Phi) is 5.51. The van der Waals surface area contributed by atoms with Crippen molar-refractivity contribution >= 4 is 0 Å². The molecule has 2 heteroatoms. The van der Waals surface area contributed by atoms with Gasteiger partial charge in [-0.2, -0.15) is 0 Å². The van der Waals surface area contributed by atoms with Crippen LogP contribution in [-0.4, -0.2) is 25.4 Å². The smallest absolute Gasteiger partial charge is 0.0519 e. The summed E-state index contributed by atoms with van der Waals surface area (Å²) in [5.74, 6) is 0. The summed E-state index contributed by atoms with van der Waals surface area (Å²) in [6.07, 6.45) is 3.02. The zero-order valence-electron chi connectivity index (χ0n) is 7.89. The fourth-order valence-corrected chi connectivity index (χ4v) is 1.42. The van der Waals surface area contributed by atoms with E-state index in [4.69, 9.17) is 9.84 Å². The van der Waals surface area contributed by atoms with Crippen LogP contribution in [0, 0.1) is 5.41 Å². The van der Waals surface area contributed by atoms with Crippen LogP contribution in [0.5, 0.6) is 0 Å². The summed E-state index contributed by atoms with van der Waals surface area (Å²) in [7, 11) is 1.72. The lowest BCUT2D eigenvalue weighted by Crippen LogP contribution is -2.26. The summed E-state index contributed by atoms with van der Waals surface area (Å²) in [6.45, 7) is 5.34. The molecule has 0 atom stereocenters. The maximum atomic E-state index is 8.84. The summed E-state index contributed by atoms with van der Waals surface area (Å²) in [5.41, 5.74) is 0.212. The first-order valence-electron chi connectivity index (χ1n) is 4.34. The highest BCUT2D eigenvalue weighted by Crippen LogP contribution is 2.30. The van der Waals surface area contributed by atoms with E-state index in [1.165, 1.54) is 0 Å². The van der Waals surface area contributed by atoms with Gasteiger partial charge < -0.3 is 9.84 Å². The van der Waals surface area contributed by atoms with Gasteiger partial charge in [-0.15, -0.1) is 0 Å². The van der Waals surface area contributed by atoms with Crippen molar-refractivity contribution in [2.75, 3.05) is 20.3 Å². The molecule has 11 heavy (non-hydrogen) atoms. The Hall–Kier alpha value is -0.0800. The van der Waals surface area contributed by atoms with E-state index in [9.17, 15) is 0 Å². The fraction of sp³-hybridized carbons (Fsp3) is 1.00. The van der Waals surface area contributed by atoms with Crippen molar-refractivity contribution in [3.63, 3.8) is 0 Å². The molecule has 0 saturated carbocycles. The second-order valence-electron chi connectivity index (χ2n) is 3.11. The van der Waals surface area contributed by atoms with E-state index in [2.05, 4.69) is 13.8 Å². The summed E-state index contributed by atoms with van der Waals surface area (Å²) in [6, 6.07) is 0. The lowest BCUT2D eigenvalue weighted by atomic mass is 9.80. The maximum absolute atomic E-state index is 8.84. The molecule has 0 fully saturated rings. The second-order valence-corrected chi connectivity index (χ2v) is 3.11. The predicted molar refractivity (Wildman–Crippen MR) is 46.6 cm³/mol. The molecule has 0 amide bonds. The summed E-state index contributed by atoms with van der Waals surface area (Å²) >= 11 is 0. The van der Waals surface area contributed by atoms with Gasteiger partial charge in [0.05, 0.1) is 6.61 Å². The van der Waals surface area contributed by atoms with Crippen molar-refractivity contribution < 1.29 is 9.84 Å². The number of methoxy groups -OCH3 is 1. The number of aliphatic hydroxyl groups excluding tert-OH is 1. The Morgan fingerprint density at radius 3 is 2.09 bits per heavy atom. The van der Waals surface area contributed by atoms with Crippen molar-refractivity contribution in [2.24, 2.45) is 5.41 Å². The molecule has 68 valence electrons. The van der Waals surface area contributed by atoms with Gasteiger partial charge in [0.1, 0.15) is 0 Å². The third kappa shape index (κ3) is 3.21. The SMILES string of the molecule is CCC(CC)(CCO)COC. The van der Waals surface area contributed by atoms with Gasteiger partial charge >= 0.3 is 0 Å². The summed E-state index contributed by atoms with van der Waals surface area (Å²) in [5, 5.41) is 8.84. The van der Waals surface area contributed by atoms with E-state index in [-0.39, 0.29) is 12.0 Å². The molecule has 1 N–H and O–H groups in total. The van der Waals surface area contributed by atoms with E-state index in [1.807, 2.05) is 0 Å². The largest absolute Gasteiger partial charge is 0.396 e. The number of aliphatic hydroxyl groups is 1. The van der Waals surface area contributed by atoms with Gasteiger partial charge in [-0.1, -0.05) is 13.8 Å². The third-order valence-corrected chi connectivity index (χ3v) is 2.59. The first-order valence-corrected chi connectivity index (χ1v) is 4.34. The highest BCUT2D eigenvalue weighted by Gasteiger charge is 2.24. The molecular formula is C9H20O2. The molecule has 0 aliphatic carbocycles. The minimum Gasteiger partial charge on any atom is -0.396 e. The van der Waals surface area contributed by atoms with Gasteiger partial charge in [0.2, 0.25) is 0 Å². The van der Waals surface area contributed by atoms with Gasteiger partial charge in [-0.25, -0.2) is 0 Å². The van der Waals surface area contributed by atoms with Gasteiger partial charge in [-0.05, 0) is 24.7 Å². The predicted octanol–water partition coefficient (Wildman–Crippen LogP) is 1.82. The van der Waals surface area contributed by atoms with Crippen LogP contribution in [0.4, 0.5) is 0 Å². The van der Waals surface area contributed by atoms with Crippen LogP contribution < -0.4 is 0 Å². The lowest BCUT2D eigenvalue weighted by Gasteiger charge is -2.29. The van der Waals surface area contributed by atoms with Crippen molar-refractivity contribution in [3.05, 3.63) is 0 Å². The normalized spacial score (nSPS) is 12.0. The Balaban J connectivity index is 3.96. The minimum absolute atomic E-state index is 0.212.